The van der Waals surface area contributed by atoms with Crippen molar-refractivity contribution in [3.8, 4) is 0 Å². The number of sulfonamides is 1. The maximum absolute atomic E-state index is 13.7. The molecule has 0 spiro atoms. The molecule has 0 heterocycles. The quantitative estimate of drug-likeness (QED) is 0.363. The van der Waals surface area contributed by atoms with Gasteiger partial charge in [0, 0.05) is 13.1 Å². The van der Waals surface area contributed by atoms with Crippen LogP contribution in [0.15, 0.2) is 36.4 Å². The highest BCUT2D eigenvalue weighted by Gasteiger charge is 2.32. The third kappa shape index (κ3) is 8.15. The minimum absolute atomic E-state index is 0.00417. The van der Waals surface area contributed by atoms with Crippen molar-refractivity contribution < 1.29 is 18.0 Å². The molecule has 0 radical (unpaired) electrons. The second-order valence-electron chi connectivity index (χ2n) is 8.68. The SMILES string of the molecule is CCC(C(=O)NCC(C)C)N(Cc1ccc(Cl)c(Cl)c1)C(=O)CN(c1cccc(Cl)c1Cl)S(C)(=O)=O. The van der Waals surface area contributed by atoms with Crippen LogP contribution in [0.25, 0.3) is 0 Å². The van der Waals surface area contributed by atoms with E-state index in [9.17, 15) is 18.0 Å². The van der Waals surface area contributed by atoms with E-state index in [4.69, 9.17) is 46.4 Å². The van der Waals surface area contributed by atoms with Gasteiger partial charge in [-0.2, -0.15) is 0 Å². The first-order valence-electron chi connectivity index (χ1n) is 11.2. The molecule has 1 unspecified atom stereocenters. The molecule has 0 fully saturated rings. The Bertz CT molecular complexity index is 1210. The Labute approximate surface area is 232 Å². The van der Waals surface area contributed by atoms with Gasteiger partial charge in [-0.1, -0.05) is 79.3 Å². The zero-order valence-electron chi connectivity index (χ0n) is 20.4. The predicted octanol–water partition coefficient (Wildman–Crippen LogP) is 5.65. The van der Waals surface area contributed by atoms with E-state index < -0.39 is 28.5 Å². The van der Waals surface area contributed by atoms with Gasteiger partial charge in [0.25, 0.3) is 0 Å². The zero-order valence-corrected chi connectivity index (χ0v) is 24.2. The molecule has 198 valence electrons. The van der Waals surface area contributed by atoms with Gasteiger partial charge in [0.1, 0.15) is 12.6 Å². The molecule has 0 bridgehead atoms. The molecule has 0 aromatic heterocycles. The number of benzene rings is 2. The van der Waals surface area contributed by atoms with Crippen LogP contribution in [0.1, 0.15) is 32.8 Å². The Morgan fingerprint density at radius 3 is 2.22 bits per heavy atom. The molecule has 7 nitrogen and oxygen atoms in total. The van der Waals surface area contributed by atoms with Crippen molar-refractivity contribution in [3.05, 3.63) is 62.1 Å². The number of carbonyl (C=O) groups excluding carboxylic acids is 2. The van der Waals surface area contributed by atoms with Crippen molar-refractivity contribution in [1.29, 1.82) is 0 Å². The predicted molar refractivity (Wildman–Crippen MR) is 148 cm³/mol. The molecular weight excluding hydrogens is 568 g/mol. The van der Waals surface area contributed by atoms with E-state index in [0.29, 0.717) is 28.6 Å². The average Bonchev–Trinajstić information content (AvgIpc) is 2.79. The van der Waals surface area contributed by atoms with Gasteiger partial charge in [0.05, 0.1) is 32.0 Å². The molecule has 0 saturated heterocycles. The standard InChI is InChI=1S/C24H29Cl4N3O4S/c1-5-20(24(33)29-12-15(2)3)30(13-16-9-10-17(25)19(27)11-16)22(32)14-31(36(4,34)35)21-8-6-7-18(26)23(21)28/h6-11,15,20H,5,12-14H2,1-4H3,(H,29,33). The van der Waals surface area contributed by atoms with Gasteiger partial charge in [-0.25, -0.2) is 8.42 Å². The lowest BCUT2D eigenvalue weighted by Gasteiger charge is -2.33. The van der Waals surface area contributed by atoms with E-state index in [0.717, 1.165) is 10.6 Å². The summed E-state index contributed by atoms with van der Waals surface area (Å²) in [7, 11) is -3.94. The third-order valence-corrected chi connectivity index (χ3v) is 7.96. The van der Waals surface area contributed by atoms with Crippen LogP contribution in [0, 0.1) is 5.92 Å². The fraction of sp³-hybridized carbons (Fsp3) is 0.417. The highest BCUT2D eigenvalue weighted by Crippen LogP contribution is 2.34. The van der Waals surface area contributed by atoms with Crippen molar-refractivity contribution in [2.24, 2.45) is 5.92 Å². The van der Waals surface area contributed by atoms with Gasteiger partial charge >= 0.3 is 0 Å². The summed E-state index contributed by atoms with van der Waals surface area (Å²) in [5.74, 6) is -0.739. The van der Waals surface area contributed by atoms with Gasteiger partial charge in [-0.15, -0.1) is 0 Å². The molecule has 2 aromatic rings. The van der Waals surface area contributed by atoms with E-state index in [1.54, 1.807) is 25.1 Å². The van der Waals surface area contributed by atoms with Crippen LogP contribution in [0.3, 0.4) is 0 Å². The van der Waals surface area contributed by atoms with Crippen molar-refractivity contribution >= 4 is 73.9 Å². The molecular formula is C24H29Cl4N3O4S. The normalized spacial score (nSPS) is 12.4. The van der Waals surface area contributed by atoms with Crippen LogP contribution in [-0.2, 0) is 26.2 Å². The summed E-state index contributed by atoms with van der Waals surface area (Å²) in [6.07, 6.45) is 1.27. The fourth-order valence-corrected chi connectivity index (χ4v) is 5.08. The van der Waals surface area contributed by atoms with E-state index >= 15 is 0 Å². The number of nitrogens with one attached hydrogen (secondary N) is 1. The molecule has 2 aromatic carbocycles. The van der Waals surface area contributed by atoms with Crippen LogP contribution in [0.4, 0.5) is 5.69 Å². The summed E-state index contributed by atoms with van der Waals surface area (Å²) in [5, 5.41) is 3.63. The van der Waals surface area contributed by atoms with E-state index in [1.807, 2.05) is 13.8 Å². The first-order valence-corrected chi connectivity index (χ1v) is 14.5. The summed E-state index contributed by atoms with van der Waals surface area (Å²) < 4.78 is 26.3. The lowest BCUT2D eigenvalue weighted by Crippen LogP contribution is -2.52. The minimum Gasteiger partial charge on any atom is -0.354 e. The van der Waals surface area contributed by atoms with E-state index in [1.165, 1.54) is 23.1 Å². The number of halogens is 4. The first kappa shape index (κ1) is 30.5. The van der Waals surface area contributed by atoms with E-state index in [-0.39, 0.29) is 34.1 Å². The Morgan fingerprint density at radius 1 is 1.00 bits per heavy atom. The highest BCUT2D eigenvalue weighted by atomic mass is 35.5. The van der Waals surface area contributed by atoms with Crippen molar-refractivity contribution in [2.45, 2.75) is 39.8 Å². The van der Waals surface area contributed by atoms with Crippen LogP contribution >= 0.6 is 46.4 Å². The minimum atomic E-state index is -3.94. The molecule has 0 aliphatic rings. The van der Waals surface area contributed by atoms with Crippen LogP contribution in [0.2, 0.25) is 20.1 Å². The molecule has 36 heavy (non-hydrogen) atoms. The molecule has 0 aliphatic carbocycles. The van der Waals surface area contributed by atoms with Gasteiger partial charge in [0.2, 0.25) is 21.8 Å². The summed E-state index contributed by atoms with van der Waals surface area (Å²) in [6, 6.07) is 8.53. The number of anilines is 1. The maximum Gasteiger partial charge on any atom is 0.244 e. The van der Waals surface area contributed by atoms with Crippen LogP contribution in [0.5, 0.6) is 0 Å². The van der Waals surface area contributed by atoms with Gasteiger partial charge in [-0.3, -0.25) is 13.9 Å². The second kappa shape index (κ2) is 13.2. The number of nitrogens with zero attached hydrogens (tertiary/aromatic N) is 2. The molecule has 0 aliphatic heterocycles. The van der Waals surface area contributed by atoms with Crippen LogP contribution < -0.4 is 9.62 Å². The number of rotatable bonds is 11. The fourth-order valence-electron chi connectivity index (χ4n) is 3.46. The van der Waals surface area contributed by atoms with Gasteiger partial charge < -0.3 is 10.2 Å². The van der Waals surface area contributed by atoms with Crippen molar-refractivity contribution in [2.75, 3.05) is 23.7 Å². The Morgan fingerprint density at radius 2 is 1.67 bits per heavy atom. The number of amides is 2. The number of hydrogen-bond donors (Lipinski definition) is 1. The summed E-state index contributed by atoms with van der Waals surface area (Å²) in [6.45, 7) is 5.53. The maximum atomic E-state index is 13.7. The summed E-state index contributed by atoms with van der Waals surface area (Å²) in [4.78, 5) is 28.1. The van der Waals surface area contributed by atoms with Crippen LogP contribution in [-0.4, -0.2) is 50.5 Å². The van der Waals surface area contributed by atoms with Gasteiger partial charge in [-0.05, 0) is 42.2 Å². The topological polar surface area (TPSA) is 86.8 Å². The van der Waals surface area contributed by atoms with Crippen molar-refractivity contribution in [1.82, 2.24) is 10.2 Å². The second-order valence-corrected chi connectivity index (χ2v) is 12.2. The zero-order chi connectivity index (χ0) is 27.2. The Balaban J connectivity index is 2.49. The van der Waals surface area contributed by atoms with Gasteiger partial charge in [0.15, 0.2) is 0 Å². The Hall–Kier alpha value is -1.71. The lowest BCUT2D eigenvalue weighted by atomic mass is 10.1. The number of carbonyl (C=O) groups is 2. The molecule has 1 atom stereocenters. The average molecular weight is 597 g/mol. The largest absolute Gasteiger partial charge is 0.354 e. The monoisotopic (exact) mass is 595 g/mol. The lowest BCUT2D eigenvalue weighted by molar-refractivity contribution is -0.140. The molecule has 2 rings (SSSR count). The molecule has 12 heteroatoms. The van der Waals surface area contributed by atoms with E-state index in [2.05, 4.69) is 5.32 Å². The Kier molecular flexibility index (Phi) is 11.2. The molecule has 0 saturated carbocycles. The summed E-state index contributed by atoms with van der Waals surface area (Å²) in [5.41, 5.74) is 0.686. The highest BCUT2D eigenvalue weighted by molar-refractivity contribution is 7.92. The smallest absolute Gasteiger partial charge is 0.244 e. The summed E-state index contributed by atoms with van der Waals surface area (Å²) >= 11 is 24.6. The third-order valence-electron chi connectivity index (χ3n) is 5.29. The first-order chi connectivity index (χ1) is 16.8. The number of hydrogen-bond acceptors (Lipinski definition) is 4. The molecule has 2 amide bonds. The molecule has 1 N–H and O–H groups in total. The van der Waals surface area contributed by atoms with Crippen molar-refractivity contribution in [3.63, 3.8) is 0 Å².